The van der Waals surface area contributed by atoms with Crippen molar-refractivity contribution in [2.24, 2.45) is 0 Å². The molecule has 25 heavy (non-hydrogen) atoms. The van der Waals surface area contributed by atoms with Crippen LogP contribution in [0.3, 0.4) is 0 Å². The molecular weight excluding hydrogens is 355 g/mol. The van der Waals surface area contributed by atoms with Crippen molar-refractivity contribution in [2.45, 2.75) is 57.2 Å². The first-order chi connectivity index (χ1) is 11.8. The van der Waals surface area contributed by atoms with Crippen LogP contribution in [0.4, 0.5) is 13.2 Å². The molecule has 2 aromatic rings. The largest absolute Gasteiger partial charge is 0.417 e. The zero-order chi connectivity index (χ0) is 18.0. The van der Waals surface area contributed by atoms with Crippen molar-refractivity contribution in [1.82, 2.24) is 14.7 Å². The molecule has 1 aliphatic carbocycles. The van der Waals surface area contributed by atoms with E-state index < -0.39 is 11.7 Å². The minimum absolute atomic E-state index is 0.0237. The Labute approximate surface area is 148 Å². The number of fused-ring (bicyclic) bond motifs is 1. The van der Waals surface area contributed by atoms with Crippen LogP contribution in [0.1, 0.15) is 49.8 Å². The van der Waals surface area contributed by atoms with Gasteiger partial charge in [-0.15, -0.1) is 0 Å². The lowest BCUT2D eigenvalue weighted by molar-refractivity contribution is -0.137. The fourth-order valence-corrected chi connectivity index (χ4v) is 3.47. The number of imidazole rings is 1. The Balaban J connectivity index is 1.73. The number of nitrogens with zero attached hydrogens (tertiary/aromatic N) is 2. The average Bonchev–Trinajstić information content (AvgIpc) is 2.74. The van der Waals surface area contributed by atoms with Gasteiger partial charge in [-0.1, -0.05) is 37.3 Å². The van der Waals surface area contributed by atoms with Gasteiger partial charge in [-0.25, -0.2) is 4.98 Å². The number of pyridine rings is 1. The topological polar surface area (TPSA) is 46.4 Å². The molecule has 0 aromatic carbocycles. The zero-order valence-electron chi connectivity index (χ0n) is 13.6. The molecule has 3 rings (SSSR count). The molecule has 136 valence electrons. The highest BCUT2D eigenvalue weighted by molar-refractivity contribution is 6.33. The van der Waals surface area contributed by atoms with Gasteiger partial charge in [0.1, 0.15) is 0 Å². The Morgan fingerprint density at radius 2 is 1.92 bits per heavy atom. The van der Waals surface area contributed by atoms with Crippen molar-refractivity contribution in [1.29, 1.82) is 0 Å². The number of aromatic nitrogens is 2. The van der Waals surface area contributed by atoms with Crippen LogP contribution in [0.2, 0.25) is 5.02 Å². The summed E-state index contributed by atoms with van der Waals surface area (Å²) in [5.41, 5.74) is -0.240. The van der Waals surface area contributed by atoms with E-state index in [1.807, 2.05) is 0 Å². The molecule has 0 spiro atoms. The number of hydrogen-bond donors (Lipinski definition) is 1. The van der Waals surface area contributed by atoms with Crippen molar-refractivity contribution in [2.75, 3.05) is 0 Å². The van der Waals surface area contributed by atoms with E-state index in [2.05, 4.69) is 10.3 Å². The predicted molar refractivity (Wildman–Crippen MR) is 88.5 cm³/mol. The number of nitrogens with one attached hydrogen (secondary N) is 1. The molecular formula is C17H19ClF3N3O. The highest BCUT2D eigenvalue weighted by Crippen LogP contribution is 2.32. The molecule has 0 bridgehead atoms. The summed E-state index contributed by atoms with van der Waals surface area (Å²) in [4.78, 5) is 16.4. The molecule has 0 saturated heterocycles. The Morgan fingerprint density at radius 1 is 1.24 bits per heavy atom. The minimum Gasteiger partial charge on any atom is -0.353 e. The van der Waals surface area contributed by atoms with Gasteiger partial charge in [-0.3, -0.25) is 4.79 Å². The standard InChI is InChI=1S/C17H19ClF3N3O/c18-14-7-11(17(19,20)21)9-24-10-13(23-16(14)24)8-15(25)22-12-5-3-1-2-4-6-12/h7,9-10,12H,1-6,8H2,(H,22,25). The Hall–Kier alpha value is -1.76. The van der Waals surface area contributed by atoms with Crippen LogP contribution in [0.5, 0.6) is 0 Å². The smallest absolute Gasteiger partial charge is 0.353 e. The van der Waals surface area contributed by atoms with Gasteiger partial charge < -0.3 is 9.72 Å². The highest BCUT2D eigenvalue weighted by Gasteiger charge is 2.32. The first kappa shape index (κ1) is 18.0. The van der Waals surface area contributed by atoms with Crippen LogP contribution in [0.15, 0.2) is 18.5 Å². The SMILES string of the molecule is O=C(Cc1cn2cc(C(F)(F)F)cc(Cl)c2n1)NC1CCCCCC1. The quantitative estimate of drug-likeness (QED) is 0.811. The third-order valence-corrected chi connectivity index (χ3v) is 4.72. The summed E-state index contributed by atoms with van der Waals surface area (Å²) in [6.07, 6.45) is 4.43. The molecule has 0 aliphatic heterocycles. The average molecular weight is 374 g/mol. The van der Waals surface area contributed by atoms with Crippen molar-refractivity contribution >= 4 is 23.2 Å². The molecule has 0 unspecified atom stereocenters. The van der Waals surface area contributed by atoms with Gasteiger partial charge in [0.25, 0.3) is 0 Å². The first-order valence-corrected chi connectivity index (χ1v) is 8.74. The molecule has 1 aliphatic rings. The van der Waals surface area contributed by atoms with E-state index >= 15 is 0 Å². The van der Waals surface area contributed by atoms with E-state index in [-0.39, 0.29) is 29.0 Å². The molecule has 0 atom stereocenters. The molecule has 1 amide bonds. The third-order valence-electron chi connectivity index (χ3n) is 4.45. The second-order valence-electron chi connectivity index (χ2n) is 6.47. The van der Waals surface area contributed by atoms with Gasteiger partial charge in [-0.2, -0.15) is 13.2 Å². The predicted octanol–water partition coefficient (Wildman–Crippen LogP) is 4.39. The lowest BCUT2D eigenvalue weighted by atomic mass is 10.1. The van der Waals surface area contributed by atoms with Crippen LogP contribution < -0.4 is 5.32 Å². The summed E-state index contributed by atoms with van der Waals surface area (Å²) in [6.45, 7) is 0. The number of carbonyl (C=O) groups is 1. The van der Waals surface area contributed by atoms with Gasteiger partial charge >= 0.3 is 6.18 Å². The maximum absolute atomic E-state index is 12.8. The monoisotopic (exact) mass is 373 g/mol. The number of carbonyl (C=O) groups excluding carboxylic acids is 1. The molecule has 1 fully saturated rings. The van der Waals surface area contributed by atoms with Crippen molar-refractivity contribution in [3.05, 3.63) is 34.7 Å². The van der Waals surface area contributed by atoms with Crippen LogP contribution in [-0.4, -0.2) is 21.3 Å². The fraction of sp³-hybridized carbons (Fsp3) is 0.529. The van der Waals surface area contributed by atoms with Crippen LogP contribution in [0.25, 0.3) is 5.65 Å². The van der Waals surface area contributed by atoms with Crippen LogP contribution in [0, 0.1) is 0 Å². The Kier molecular flexibility index (Phi) is 5.22. The summed E-state index contributed by atoms with van der Waals surface area (Å²) in [5, 5.41) is 2.91. The van der Waals surface area contributed by atoms with E-state index in [1.54, 1.807) is 0 Å². The van der Waals surface area contributed by atoms with Gasteiger partial charge in [-0.05, 0) is 18.9 Å². The van der Waals surface area contributed by atoms with Crippen molar-refractivity contribution < 1.29 is 18.0 Å². The second-order valence-corrected chi connectivity index (χ2v) is 6.88. The summed E-state index contributed by atoms with van der Waals surface area (Å²) in [7, 11) is 0. The van der Waals surface area contributed by atoms with Crippen molar-refractivity contribution in [3.8, 4) is 0 Å². The number of amides is 1. The van der Waals surface area contributed by atoms with Crippen LogP contribution in [-0.2, 0) is 17.4 Å². The Morgan fingerprint density at radius 3 is 2.56 bits per heavy atom. The normalized spacial score (nSPS) is 16.8. The number of alkyl halides is 3. The van der Waals surface area contributed by atoms with Gasteiger partial charge in [0.2, 0.25) is 5.91 Å². The molecule has 1 N–H and O–H groups in total. The summed E-state index contributed by atoms with van der Waals surface area (Å²) in [6, 6.07) is 1.02. The first-order valence-electron chi connectivity index (χ1n) is 8.36. The van der Waals surface area contributed by atoms with E-state index in [0.717, 1.165) is 37.9 Å². The lowest BCUT2D eigenvalue weighted by Crippen LogP contribution is -2.35. The highest BCUT2D eigenvalue weighted by atomic mass is 35.5. The number of rotatable bonds is 3. The van der Waals surface area contributed by atoms with E-state index in [4.69, 9.17) is 11.6 Å². The second kappa shape index (κ2) is 7.23. The zero-order valence-corrected chi connectivity index (χ0v) is 14.3. The van der Waals surface area contributed by atoms with E-state index in [9.17, 15) is 18.0 Å². The number of hydrogen-bond acceptors (Lipinski definition) is 2. The van der Waals surface area contributed by atoms with Gasteiger partial charge in [0.05, 0.1) is 22.7 Å². The molecule has 2 heterocycles. The minimum atomic E-state index is -4.49. The maximum atomic E-state index is 12.8. The summed E-state index contributed by atoms with van der Waals surface area (Å²) < 4.78 is 39.8. The lowest BCUT2D eigenvalue weighted by Gasteiger charge is -2.15. The van der Waals surface area contributed by atoms with E-state index in [1.165, 1.54) is 23.4 Å². The molecule has 0 radical (unpaired) electrons. The molecule has 4 nitrogen and oxygen atoms in total. The Bertz CT molecular complexity index is 764. The molecule has 1 saturated carbocycles. The van der Waals surface area contributed by atoms with Gasteiger partial charge in [0, 0.05) is 18.4 Å². The summed E-state index contributed by atoms with van der Waals surface area (Å²) >= 11 is 5.91. The molecule has 8 heteroatoms. The number of halogens is 4. The molecule has 2 aromatic heterocycles. The van der Waals surface area contributed by atoms with Gasteiger partial charge in [0.15, 0.2) is 5.65 Å². The van der Waals surface area contributed by atoms with Crippen molar-refractivity contribution in [3.63, 3.8) is 0 Å². The fourth-order valence-electron chi connectivity index (χ4n) is 3.21. The third kappa shape index (κ3) is 4.45. The maximum Gasteiger partial charge on any atom is 0.417 e. The van der Waals surface area contributed by atoms with Crippen LogP contribution >= 0.6 is 11.6 Å². The summed E-state index contributed by atoms with van der Waals surface area (Å²) in [5.74, 6) is -0.164. The van der Waals surface area contributed by atoms with E-state index in [0.29, 0.717) is 5.69 Å².